The summed E-state index contributed by atoms with van der Waals surface area (Å²) in [6, 6.07) is 3.76. The van der Waals surface area contributed by atoms with Gasteiger partial charge in [-0.1, -0.05) is 44.5 Å². The second-order valence-electron chi connectivity index (χ2n) is 11.2. The standard InChI is InChI=1S/C27H35ClFN3O3SSi/c1-27(2,3)37(5,6)35-17-12-10-16(11-13-17)22-20(26(33)34-4)23(18-8-7-9-19(29)21(18)28)32-24(31-22)25-30-14-15-36-25/h7-9,14-17,23H,10-13H2,1-6H3,(H,31,32)/t16-,17-,23?. The lowest BCUT2D eigenvalue weighted by molar-refractivity contribution is -0.136. The molecule has 0 amide bonds. The van der Waals surface area contributed by atoms with E-state index in [9.17, 15) is 9.18 Å². The second-order valence-corrected chi connectivity index (χ2v) is 17.2. The number of aliphatic imine (C=N–C) groups is 1. The van der Waals surface area contributed by atoms with Gasteiger partial charge in [-0.2, -0.15) is 0 Å². The van der Waals surface area contributed by atoms with Crippen molar-refractivity contribution in [2.24, 2.45) is 10.9 Å². The molecule has 1 atom stereocenters. The average Bonchev–Trinajstić information content (AvgIpc) is 3.39. The zero-order valence-corrected chi connectivity index (χ0v) is 24.8. The van der Waals surface area contributed by atoms with Crippen LogP contribution in [0.2, 0.25) is 23.2 Å². The van der Waals surface area contributed by atoms with Crippen molar-refractivity contribution in [3.05, 3.63) is 62.5 Å². The van der Waals surface area contributed by atoms with Gasteiger partial charge >= 0.3 is 5.97 Å². The van der Waals surface area contributed by atoms with Gasteiger partial charge in [0.25, 0.3) is 0 Å². The van der Waals surface area contributed by atoms with Gasteiger partial charge in [-0.3, -0.25) is 4.99 Å². The fourth-order valence-electron chi connectivity index (χ4n) is 4.69. The third kappa shape index (κ3) is 5.84. The number of carbonyl (C=O) groups is 1. The molecule has 0 bridgehead atoms. The van der Waals surface area contributed by atoms with E-state index in [1.54, 1.807) is 18.3 Å². The van der Waals surface area contributed by atoms with E-state index in [2.05, 4.69) is 44.2 Å². The number of amidine groups is 1. The molecule has 0 saturated heterocycles. The largest absolute Gasteiger partial charge is 0.466 e. The Kier molecular flexibility index (Phi) is 8.28. The Labute approximate surface area is 228 Å². The predicted molar refractivity (Wildman–Crippen MR) is 149 cm³/mol. The minimum atomic E-state index is -1.88. The lowest BCUT2D eigenvalue weighted by atomic mass is 9.81. The molecule has 1 aromatic heterocycles. The van der Waals surface area contributed by atoms with Crippen LogP contribution in [-0.2, 0) is 14.0 Å². The fourth-order valence-corrected chi connectivity index (χ4v) is 6.93. The molecule has 1 N–H and O–H groups in total. The number of rotatable bonds is 6. The van der Waals surface area contributed by atoms with E-state index < -0.39 is 26.1 Å². The first-order valence-electron chi connectivity index (χ1n) is 12.6. The van der Waals surface area contributed by atoms with E-state index >= 15 is 0 Å². The van der Waals surface area contributed by atoms with Gasteiger partial charge in [-0.25, -0.2) is 14.2 Å². The summed E-state index contributed by atoms with van der Waals surface area (Å²) in [5.41, 5.74) is 1.54. The third-order valence-corrected chi connectivity index (χ3v) is 13.5. The van der Waals surface area contributed by atoms with Crippen molar-refractivity contribution < 1.29 is 18.3 Å². The van der Waals surface area contributed by atoms with Crippen LogP contribution in [0.1, 0.15) is 63.1 Å². The highest BCUT2D eigenvalue weighted by atomic mass is 35.5. The van der Waals surface area contributed by atoms with Gasteiger partial charge in [0, 0.05) is 28.9 Å². The number of carbonyl (C=O) groups excluding carboxylic acids is 1. The molecule has 1 aliphatic heterocycles. The number of thiazole rings is 1. The molecule has 2 aromatic rings. The SMILES string of the molecule is COC(=O)C1=C([C@H]2CC[C@H](O[Si](C)(C)C(C)(C)C)CC2)NC(c2nccs2)=NC1c1cccc(F)c1Cl. The first kappa shape index (κ1) is 27.9. The number of halogens is 2. The maximum absolute atomic E-state index is 14.5. The average molecular weight is 564 g/mol. The number of methoxy groups -OCH3 is 1. The summed E-state index contributed by atoms with van der Waals surface area (Å²) >= 11 is 7.84. The number of esters is 1. The smallest absolute Gasteiger partial charge is 0.338 e. The van der Waals surface area contributed by atoms with Gasteiger partial charge in [0.1, 0.15) is 11.9 Å². The summed E-state index contributed by atoms with van der Waals surface area (Å²) in [5.74, 6) is -0.455. The molecule has 1 fully saturated rings. The number of allylic oxidation sites excluding steroid dienone is 1. The molecule has 37 heavy (non-hydrogen) atoms. The number of nitrogens with one attached hydrogen (secondary N) is 1. The lowest BCUT2D eigenvalue weighted by Crippen LogP contribution is -2.45. The van der Waals surface area contributed by atoms with Crippen LogP contribution < -0.4 is 5.32 Å². The summed E-state index contributed by atoms with van der Waals surface area (Å²) < 4.78 is 26.4. The molecule has 1 saturated carbocycles. The van der Waals surface area contributed by atoms with Crippen molar-refractivity contribution in [2.75, 3.05) is 7.11 Å². The van der Waals surface area contributed by atoms with Crippen molar-refractivity contribution >= 4 is 43.1 Å². The van der Waals surface area contributed by atoms with Gasteiger partial charge in [-0.15, -0.1) is 11.3 Å². The van der Waals surface area contributed by atoms with E-state index in [1.165, 1.54) is 24.5 Å². The van der Waals surface area contributed by atoms with Crippen molar-refractivity contribution in [3.63, 3.8) is 0 Å². The molecule has 0 spiro atoms. The van der Waals surface area contributed by atoms with E-state index in [0.717, 1.165) is 31.4 Å². The highest BCUT2D eigenvalue weighted by Gasteiger charge is 2.42. The van der Waals surface area contributed by atoms with Crippen LogP contribution in [0.4, 0.5) is 4.39 Å². The number of aromatic nitrogens is 1. The van der Waals surface area contributed by atoms with Gasteiger partial charge in [0.2, 0.25) is 0 Å². The molecule has 10 heteroatoms. The summed E-state index contributed by atoms with van der Waals surface area (Å²) in [7, 11) is -0.535. The topological polar surface area (TPSA) is 72.8 Å². The Morgan fingerprint density at radius 1 is 1.22 bits per heavy atom. The van der Waals surface area contributed by atoms with Crippen molar-refractivity contribution in [1.82, 2.24) is 10.3 Å². The quantitative estimate of drug-likeness (QED) is 0.301. The number of nitrogens with zero attached hydrogens (tertiary/aromatic N) is 2. The number of benzene rings is 1. The van der Waals surface area contributed by atoms with E-state index in [1.807, 2.05) is 5.38 Å². The summed E-state index contributed by atoms with van der Waals surface area (Å²) in [6.07, 6.45) is 5.38. The van der Waals surface area contributed by atoms with Crippen molar-refractivity contribution in [3.8, 4) is 0 Å². The minimum absolute atomic E-state index is 0.0520. The molecule has 1 aromatic carbocycles. The Bertz CT molecular complexity index is 1200. The Morgan fingerprint density at radius 2 is 1.92 bits per heavy atom. The zero-order valence-electron chi connectivity index (χ0n) is 22.2. The van der Waals surface area contributed by atoms with Gasteiger partial charge in [0.05, 0.1) is 17.7 Å². The molecule has 200 valence electrons. The summed E-state index contributed by atoms with van der Waals surface area (Å²) in [5, 5.41) is 6.07. The molecule has 4 rings (SSSR count). The van der Waals surface area contributed by atoms with Crippen molar-refractivity contribution in [1.29, 1.82) is 0 Å². The molecule has 1 aliphatic carbocycles. The van der Waals surface area contributed by atoms with Crippen molar-refractivity contribution in [2.45, 2.75) is 76.7 Å². The Balaban J connectivity index is 1.70. The molecule has 1 unspecified atom stereocenters. The van der Waals surface area contributed by atoms with Crippen LogP contribution in [0.5, 0.6) is 0 Å². The molecular weight excluding hydrogens is 529 g/mol. The number of hydrogen-bond donors (Lipinski definition) is 1. The highest BCUT2D eigenvalue weighted by molar-refractivity contribution is 7.11. The van der Waals surface area contributed by atoms with Crippen LogP contribution in [0.25, 0.3) is 0 Å². The summed E-state index contributed by atoms with van der Waals surface area (Å²) in [6.45, 7) is 11.3. The van der Waals surface area contributed by atoms with Gasteiger partial charge < -0.3 is 14.5 Å². The van der Waals surface area contributed by atoms with E-state index in [0.29, 0.717) is 22.0 Å². The van der Waals surface area contributed by atoms with Crippen LogP contribution >= 0.6 is 22.9 Å². The Morgan fingerprint density at radius 3 is 2.51 bits per heavy atom. The van der Waals surface area contributed by atoms with E-state index in [-0.39, 0.29) is 22.1 Å². The Hall–Kier alpha value is -2.07. The highest BCUT2D eigenvalue weighted by Crippen LogP contribution is 2.43. The van der Waals surface area contributed by atoms with Crippen LogP contribution in [0.3, 0.4) is 0 Å². The zero-order chi connectivity index (χ0) is 27.0. The third-order valence-electron chi connectivity index (χ3n) is 7.74. The van der Waals surface area contributed by atoms with Gasteiger partial charge in [-0.05, 0) is 55.8 Å². The first-order valence-corrected chi connectivity index (χ1v) is 16.8. The molecular formula is C27H35ClFN3O3SSi. The maximum atomic E-state index is 14.5. The number of hydrogen-bond acceptors (Lipinski definition) is 7. The van der Waals surface area contributed by atoms with Crippen LogP contribution in [0, 0.1) is 11.7 Å². The van der Waals surface area contributed by atoms with Crippen LogP contribution in [0.15, 0.2) is 46.0 Å². The lowest BCUT2D eigenvalue weighted by Gasteiger charge is -2.42. The first-order chi connectivity index (χ1) is 17.4. The predicted octanol–water partition coefficient (Wildman–Crippen LogP) is 7.03. The summed E-state index contributed by atoms with van der Waals surface area (Å²) in [4.78, 5) is 22.4. The van der Waals surface area contributed by atoms with Crippen LogP contribution in [-0.4, -0.2) is 38.3 Å². The fraction of sp³-hybridized carbons (Fsp3) is 0.519. The minimum Gasteiger partial charge on any atom is -0.466 e. The van der Waals surface area contributed by atoms with Gasteiger partial charge in [0.15, 0.2) is 19.2 Å². The molecule has 6 nitrogen and oxygen atoms in total. The molecule has 2 heterocycles. The maximum Gasteiger partial charge on any atom is 0.338 e. The molecule has 2 aliphatic rings. The normalized spacial score (nSPS) is 22.9. The van der Waals surface area contributed by atoms with E-state index in [4.69, 9.17) is 25.8 Å². The second kappa shape index (κ2) is 11.0. The molecule has 0 radical (unpaired) electrons. The monoisotopic (exact) mass is 563 g/mol. The number of ether oxygens (including phenoxy) is 1.